The smallest absolute Gasteiger partial charge is 0.328 e. The van der Waals surface area contributed by atoms with Gasteiger partial charge in [0.25, 0.3) is 0 Å². The Morgan fingerprint density at radius 1 is 0.636 bits per heavy atom. The number of H-pyrrole nitrogens is 1. The highest BCUT2D eigenvalue weighted by Crippen LogP contribution is 2.27. The minimum absolute atomic E-state index is 0.0445. The Kier molecular flexibility index (Phi) is 34.0. The van der Waals surface area contributed by atoms with Gasteiger partial charge in [-0.05, 0) is 119 Å². The minimum atomic E-state index is -2.62. The van der Waals surface area contributed by atoms with E-state index in [0.717, 1.165) is 18.7 Å². The van der Waals surface area contributed by atoms with Gasteiger partial charge in [0.15, 0.2) is 48.2 Å². The molecule has 3 aliphatic heterocycles. The van der Waals surface area contributed by atoms with E-state index in [1.807, 2.05) is 0 Å². The van der Waals surface area contributed by atoms with Crippen LogP contribution in [0.2, 0.25) is 0 Å². The quantitative estimate of drug-likeness (QED) is 0.0183. The number of guanidine groups is 1. The third-order valence-corrected chi connectivity index (χ3v) is 18.7. The zero-order valence-electron chi connectivity index (χ0n) is 64.6. The summed E-state index contributed by atoms with van der Waals surface area (Å²) < 4.78 is 5.55. The fourth-order valence-electron chi connectivity index (χ4n) is 12.5. The molecule has 1 saturated heterocycles. The second-order valence-electron chi connectivity index (χ2n) is 28.0. The van der Waals surface area contributed by atoms with Crippen LogP contribution in [0.1, 0.15) is 109 Å². The van der Waals surface area contributed by atoms with Crippen LogP contribution in [0.3, 0.4) is 0 Å². The van der Waals surface area contributed by atoms with Gasteiger partial charge in [-0.2, -0.15) is 0 Å². The van der Waals surface area contributed by atoms with Gasteiger partial charge in [0, 0.05) is 69.3 Å². The van der Waals surface area contributed by atoms with Crippen molar-refractivity contribution in [2.45, 2.75) is 208 Å². The lowest BCUT2D eigenvalue weighted by atomic mass is 10.0. The van der Waals surface area contributed by atoms with E-state index in [1.165, 1.54) is 68.6 Å². The summed E-state index contributed by atoms with van der Waals surface area (Å²) in [7, 11) is 0. The predicted molar refractivity (Wildman–Crippen MR) is 435 cm³/mol. The van der Waals surface area contributed by atoms with Crippen molar-refractivity contribution in [3.63, 3.8) is 0 Å². The lowest BCUT2D eigenvalue weighted by Crippen LogP contribution is -2.46. The van der Waals surface area contributed by atoms with Gasteiger partial charge in [0.1, 0.15) is 66.4 Å². The molecular weight excluding hydrogens is 1550 g/mol. The Bertz CT molecular complexity index is 4570. The van der Waals surface area contributed by atoms with Crippen LogP contribution < -0.4 is 11.1 Å². The maximum absolute atomic E-state index is 15.4. The van der Waals surface area contributed by atoms with Gasteiger partial charge in [-0.25, -0.2) is 64.7 Å². The molecule has 25 N–H and O–H groups in total. The number of benzene rings is 3. The first-order valence-corrected chi connectivity index (χ1v) is 37.4. The molecule has 2 bridgehead atoms. The van der Waals surface area contributed by atoms with Crippen molar-refractivity contribution in [3.8, 4) is 11.5 Å². The van der Waals surface area contributed by atoms with Crippen molar-refractivity contribution in [1.82, 2.24) is 15.2 Å². The van der Waals surface area contributed by atoms with Crippen LogP contribution >= 0.6 is 0 Å². The van der Waals surface area contributed by atoms with E-state index in [2.05, 4.69) is 75.2 Å². The molecule has 43 heteroatoms. The number of carbonyl (C=O) groups excluding carboxylic acids is 2. The number of nitrogens with one attached hydrogen (secondary N) is 3. The number of nitrogens with zero attached hydrogens (tertiary/aromatic N) is 14. The van der Waals surface area contributed by atoms with E-state index in [0.29, 0.717) is 22.0 Å². The molecule has 0 radical (unpaired) electrons. The number of hydrogen-bond donors (Lipinski definition) is 24. The van der Waals surface area contributed by atoms with Crippen molar-refractivity contribution in [3.05, 3.63) is 95.7 Å². The van der Waals surface area contributed by atoms with Crippen LogP contribution in [0.4, 0.5) is 0 Å². The number of phenolic OH excluding ortho intramolecular Hbond substituents is 2. The van der Waals surface area contributed by atoms with E-state index >= 15 is 4.79 Å². The molecule has 0 unspecified atom stereocenters. The highest BCUT2D eigenvalue weighted by molar-refractivity contribution is 5.98. The van der Waals surface area contributed by atoms with Crippen LogP contribution in [0.5, 0.6) is 11.5 Å². The second kappa shape index (κ2) is 43.6. The van der Waals surface area contributed by atoms with Crippen LogP contribution in [-0.2, 0) is 43.2 Å². The highest BCUT2D eigenvalue weighted by Gasteiger charge is 2.40. The van der Waals surface area contributed by atoms with Crippen LogP contribution in [0, 0.1) is 5.41 Å². The number of para-hydroxylation sites is 1. The average molecular weight is 1650 g/mol. The van der Waals surface area contributed by atoms with Gasteiger partial charge in [0.05, 0.1) is 18.6 Å². The number of aromatic nitrogens is 1. The third kappa shape index (κ3) is 27.3. The molecule has 7 rings (SSSR count). The molecule has 118 heavy (non-hydrogen) atoms. The van der Waals surface area contributed by atoms with Crippen molar-refractivity contribution >= 4 is 117 Å². The first-order chi connectivity index (χ1) is 55.9. The predicted octanol–water partition coefficient (Wildman–Crippen LogP) is 3.96. The number of carbonyl (C=O) groups is 4. The number of fused-ring (bicyclic) bond motifs is 8. The first kappa shape index (κ1) is 92.1. The molecule has 640 valence electrons. The molecule has 1 fully saturated rings. The Balaban J connectivity index is 1.45. The monoisotopic (exact) mass is 1650 g/mol. The molecular formula is C75H100N18O25. The molecule has 0 spiro atoms. The van der Waals surface area contributed by atoms with E-state index in [1.54, 1.807) is 24.3 Å². The number of aliphatic hydroxyl groups is 16. The number of carboxylic acid groups (broad SMARTS) is 2. The number of aliphatic carboxylic acids is 2. The summed E-state index contributed by atoms with van der Waals surface area (Å²) in [5.74, 6) is -20.3. The summed E-state index contributed by atoms with van der Waals surface area (Å²) in [6.07, 6.45) is -9.45. The number of aliphatic imine (C=N–C) groups is 13. The Hall–Kier alpha value is -13.1. The summed E-state index contributed by atoms with van der Waals surface area (Å²) >= 11 is 0. The number of carboxylic acids is 2. The fraction of sp³-hybridized carbons (Fsp3) is 0.493. The molecule has 4 aromatic rings. The van der Waals surface area contributed by atoms with Gasteiger partial charge >= 0.3 is 17.9 Å². The number of ether oxygens (including phenoxy) is 1. The first-order valence-electron chi connectivity index (χ1n) is 37.4. The lowest BCUT2D eigenvalue weighted by molar-refractivity contribution is -0.144. The van der Waals surface area contributed by atoms with Crippen molar-refractivity contribution < 1.29 is 126 Å². The van der Waals surface area contributed by atoms with Crippen LogP contribution in [0.15, 0.2) is 144 Å². The number of aliphatic hydroxyl groups excluding tert-OH is 16. The van der Waals surface area contributed by atoms with Gasteiger partial charge in [0.2, 0.25) is 76.7 Å². The zero-order chi connectivity index (χ0) is 86.8. The fourth-order valence-corrected chi connectivity index (χ4v) is 12.5. The van der Waals surface area contributed by atoms with E-state index in [9.17, 15) is 117 Å². The number of rotatable bonds is 26. The standard InChI is InChI=1S/C75H100N18O25/c1-35(81-69(111)57(36(2)94)82-38(4)96)61(103)91-58(37(3)95)70(112)85-47(14-9-27-79-75(76)77)62(104)83-46-13-7-8-26-78-72(114)60(102)59(71(113)89-52(74(116)117)30-40-18-22-43(98)23-19-40)92-64(106)48-24-25-56(101)118-34-53(90-68(110)54-15-10-28-93(54)73(115)51(88-63(46)105)29-39-16-20-42(97)21-17-39)67(109)87-50(32-55(99)100)66(108)86-49(65(107)84-48)31-41-33-80-45-12-6-5-11-44(41)45/h5-6,11-12,16-23,33,35-37,46-54,57-60,80,94-95,97-98,102H,7-10,13-15,24-32,34H2,1-4H3,(H,78,114)(H,81,111)(H,82,96)(H,83,104)(H,84,107)(H,85,112)(H,86,108)(H,87,109)(H,88,105)(H,89,113)(H,90,110)(H,91,103)(H,92,106)(H,99,100)(H,116,117)(H4,76,77,79)/t35-,36+,37+,46-,47-,48+,49+,50-,51-,52-,53-,54-,57-,58-,59-,60-/m0/s1. The molecule has 0 aliphatic carbocycles. The topological polar surface area (TPSA) is 724 Å². The summed E-state index contributed by atoms with van der Waals surface area (Å²) in [4.78, 5) is 113. The Labute approximate surface area is 673 Å². The number of esters is 1. The largest absolute Gasteiger partial charge is 0.508 e. The molecule has 43 nitrogen and oxygen atoms in total. The van der Waals surface area contributed by atoms with Crippen LogP contribution in [-0.4, -0.2) is 342 Å². The van der Waals surface area contributed by atoms with E-state index in [4.69, 9.17) is 15.9 Å². The number of amides is 1. The number of aromatic hydroxyl groups is 2. The number of phenols is 2. The van der Waals surface area contributed by atoms with Gasteiger partial charge in [-0.3, -0.25) is 24.8 Å². The Morgan fingerprint density at radius 3 is 1.89 bits per heavy atom. The molecule has 3 aromatic carbocycles. The molecule has 1 aromatic heterocycles. The second-order valence-corrected chi connectivity index (χ2v) is 28.0. The number of aromatic amines is 1. The van der Waals surface area contributed by atoms with Crippen molar-refractivity contribution in [2.75, 3.05) is 26.2 Å². The zero-order valence-corrected chi connectivity index (χ0v) is 64.6. The summed E-state index contributed by atoms with van der Waals surface area (Å²) in [6, 6.07) is -6.80. The summed E-state index contributed by atoms with van der Waals surface area (Å²) in [6.45, 7) is 2.87. The van der Waals surface area contributed by atoms with Crippen LogP contribution in [0.25, 0.3) is 10.9 Å². The maximum Gasteiger partial charge on any atom is 0.328 e. The molecule has 1 amide bonds. The lowest BCUT2D eigenvalue weighted by Gasteiger charge is -2.27. The molecule has 3 aliphatic rings. The normalized spacial score (nSPS) is 24.1. The Morgan fingerprint density at radius 2 is 1.25 bits per heavy atom. The minimum Gasteiger partial charge on any atom is -0.508 e. The van der Waals surface area contributed by atoms with E-state index in [-0.39, 0.29) is 68.7 Å². The average Bonchev–Trinajstić information content (AvgIpc) is 1.60. The summed E-state index contributed by atoms with van der Waals surface area (Å²) in [5.41, 5.74) is 7.04. The van der Waals surface area contributed by atoms with Gasteiger partial charge in [-0.1, -0.05) is 42.5 Å². The van der Waals surface area contributed by atoms with E-state index < -0.39 is 261 Å². The molecule has 0 saturated carbocycles. The van der Waals surface area contributed by atoms with Crippen molar-refractivity contribution in [2.24, 2.45) is 70.6 Å². The number of nitrogens with two attached hydrogens (primary N) is 1. The SMILES string of the molecule is CC(O)=N[C@H](C(O)=N[C@@H](C)C(O)=N[C@H](C(O)=N[C@@H](CCCNC(=N)N)C(O)=N[C@H]1CCCCN=C(O)[C@@H](O)[C@@H](C(O)=N[C@@H](Cc2ccc(O)cc2)C(=O)O)N=C(O)[C@H]2CCC(=O)OC[C@H](N=C(O)[C@@H]3CCCN3C(=O)[C@H](Cc3ccc(O)cc3)N=C1O)C(O)=N[C@@H](CC(=O)O)C(O)=N[C@H](Cc1c[nH]c3ccccc13)C(O)=N2)[C@@H](C)O)[C@@H](C)O. The van der Waals surface area contributed by atoms with Gasteiger partial charge in [-0.15, -0.1) is 0 Å². The highest BCUT2D eigenvalue weighted by atomic mass is 16.5. The van der Waals surface area contributed by atoms with Gasteiger partial charge < -0.3 is 128 Å². The maximum atomic E-state index is 15.4. The number of hydrogen-bond acceptors (Lipinski definition) is 24. The summed E-state index contributed by atoms with van der Waals surface area (Å²) in [5, 5.41) is 237. The third-order valence-electron chi connectivity index (χ3n) is 18.7. The molecule has 16 atom stereocenters. The van der Waals surface area contributed by atoms with Crippen molar-refractivity contribution in [1.29, 1.82) is 5.41 Å². The molecule has 4 heterocycles.